The number of pyridine rings is 1. The van der Waals surface area contributed by atoms with E-state index < -0.39 is 0 Å². The smallest absolute Gasteiger partial charge is 0.147 e. The summed E-state index contributed by atoms with van der Waals surface area (Å²) < 4.78 is 0. The number of aromatic nitrogens is 1. The van der Waals surface area contributed by atoms with Crippen LogP contribution in [-0.2, 0) is 0 Å². The molecule has 0 atom stereocenters. The second-order valence-electron chi connectivity index (χ2n) is 3.30. The molecular formula is C9H13Cl4N3. The van der Waals surface area contributed by atoms with Gasteiger partial charge in [-0.3, -0.25) is 0 Å². The summed E-state index contributed by atoms with van der Waals surface area (Å²) in [5, 5.41) is 2.98. The Hall–Kier alpha value is 0.0700. The van der Waals surface area contributed by atoms with Crippen molar-refractivity contribution in [3.05, 3.63) is 22.4 Å². The van der Waals surface area contributed by atoms with E-state index in [0.717, 1.165) is 18.8 Å². The number of nitrogens with one attached hydrogen (secondary N) is 1. The molecule has 0 saturated carbocycles. The zero-order chi connectivity index (χ0) is 9.97. The molecule has 3 nitrogen and oxygen atoms in total. The molecule has 0 unspecified atom stereocenters. The lowest BCUT2D eigenvalue weighted by atomic mass is 10.4. The van der Waals surface area contributed by atoms with Crippen molar-refractivity contribution in [2.75, 3.05) is 18.5 Å². The Morgan fingerprint density at radius 2 is 1.81 bits per heavy atom. The third-order valence-corrected chi connectivity index (χ3v) is 2.88. The summed E-state index contributed by atoms with van der Waals surface area (Å²) in [6, 6.07) is 1.79. The van der Waals surface area contributed by atoms with Crippen LogP contribution in [0.15, 0.2) is 12.3 Å². The van der Waals surface area contributed by atoms with Crippen LogP contribution >= 0.6 is 48.0 Å². The molecule has 1 N–H and O–H groups in total. The lowest BCUT2D eigenvalue weighted by Crippen LogP contribution is -2.26. The van der Waals surface area contributed by atoms with Gasteiger partial charge in [-0.05, 0) is 18.9 Å². The molecule has 2 rings (SSSR count). The highest BCUT2D eigenvalue weighted by atomic mass is 35.5. The molecular weight excluding hydrogens is 292 g/mol. The van der Waals surface area contributed by atoms with E-state index in [9.17, 15) is 0 Å². The van der Waals surface area contributed by atoms with E-state index in [0.29, 0.717) is 10.2 Å². The van der Waals surface area contributed by atoms with Crippen LogP contribution in [0.25, 0.3) is 0 Å². The van der Waals surface area contributed by atoms with Crippen LogP contribution in [0, 0.1) is 0 Å². The van der Waals surface area contributed by atoms with Crippen molar-refractivity contribution in [3.63, 3.8) is 0 Å². The van der Waals surface area contributed by atoms with Crippen molar-refractivity contribution in [1.82, 2.24) is 9.99 Å². The first-order valence-corrected chi connectivity index (χ1v) is 5.34. The lowest BCUT2D eigenvalue weighted by molar-refractivity contribution is 0.410. The SMILES string of the molecule is Cl.Cl.Clc1cc(NN2CCCC2)cnc1Cl. The maximum atomic E-state index is 5.85. The van der Waals surface area contributed by atoms with Crippen LogP contribution in [0.2, 0.25) is 10.2 Å². The molecule has 7 heteroatoms. The van der Waals surface area contributed by atoms with E-state index in [4.69, 9.17) is 23.2 Å². The Morgan fingerprint density at radius 1 is 1.19 bits per heavy atom. The first kappa shape index (κ1) is 16.1. The fourth-order valence-electron chi connectivity index (χ4n) is 1.49. The standard InChI is InChI=1S/C9H11Cl2N3.2ClH/c10-8-5-7(6-12-9(8)11)13-14-3-1-2-4-14;;/h5-6,13H,1-4H2;2*1H. The third kappa shape index (κ3) is 4.15. The van der Waals surface area contributed by atoms with Gasteiger partial charge in [-0.1, -0.05) is 23.2 Å². The van der Waals surface area contributed by atoms with Gasteiger partial charge in [0.1, 0.15) is 5.15 Å². The first-order chi connectivity index (χ1) is 6.75. The molecule has 16 heavy (non-hydrogen) atoms. The third-order valence-electron chi connectivity index (χ3n) is 2.19. The molecule has 0 bridgehead atoms. The molecule has 1 aliphatic rings. The van der Waals surface area contributed by atoms with Crippen LogP contribution in [-0.4, -0.2) is 23.1 Å². The Bertz CT molecular complexity index is 329. The normalized spacial score (nSPS) is 15.1. The fraction of sp³-hybridized carbons (Fsp3) is 0.444. The summed E-state index contributed by atoms with van der Waals surface area (Å²) in [4.78, 5) is 3.97. The van der Waals surface area contributed by atoms with E-state index in [1.807, 2.05) is 0 Å². The maximum absolute atomic E-state index is 5.85. The number of hydrogen-bond acceptors (Lipinski definition) is 3. The number of rotatable bonds is 2. The van der Waals surface area contributed by atoms with Crippen LogP contribution in [0.5, 0.6) is 0 Å². The summed E-state index contributed by atoms with van der Waals surface area (Å²) in [7, 11) is 0. The second kappa shape index (κ2) is 7.41. The van der Waals surface area contributed by atoms with E-state index in [2.05, 4.69) is 15.4 Å². The van der Waals surface area contributed by atoms with Crippen LogP contribution in [0.1, 0.15) is 12.8 Å². The van der Waals surface area contributed by atoms with Gasteiger partial charge in [0.25, 0.3) is 0 Å². The number of nitrogens with zero attached hydrogens (tertiary/aromatic N) is 2. The largest absolute Gasteiger partial charge is 0.317 e. The van der Waals surface area contributed by atoms with Gasteiger partial charge in [0, 0.05) is 13.1 Å². The monoisotopic (exact) mass is 303 g/mol. The molecule has 0 aliphatic carbocycles. The summed E-state index contributed by atoms with van der Waals surface area (Å²) in [6.45, 7) is 2.14. The predicted molar refractivity (Wildman–Crippen MR) is 73.2 cm³/mol. The highest BCUT2D eigenvalue weighted by Crippen LogP contribution is 2.23. The van der Waals surface area contributed by atoms with E-state index in [1.54, 1.807) is 12.3 Å². The molecule has 0 spiro atoms. The van der Waals surface area contributed by atoms with Crippen molar-refractivity contribution in [2.24, 2.45) is 0 Å². The molecule has 0 amide bonds. The molecule has 1 aromatic rings. The van der Waals surface area contributed by atoms with Crippen LogP contribution < -0.4 is 5.43 Å². The topological polar surface area (TPSA) is 28.2 Å². The highest BCUT2D eigenvalue weighted by molar-refractivity contribution is 6.41. The molecule has 0 aromatic carbocycles. The molecule has 1 saturated heterocycles. The number of hydrazine groups is 1. The van der Waals surface area contributed by atoms with Crippen molar-refractivity contribution in [3.8, 4) is 0 Å². The molecule has 2 heterocycles. The second-order valence-corrected chi connectivity index (χ2v) is 4.07. The molecule has 1 aromatic heterocycles. The number of halogens is 4. The Labute approximate surface area is 117 Å². The summed E-state index contributed by atoms with van der Waals surface area (Å²) >= 11 is 11.6. The molecule has 1 aliphatic heterocycles. The van der Waals surface area contributed by atoms with Gasteiger partial charge in [-0.15, -0.1) is 24.8 Å². The molecule has 92 valence electrons. The van der Waals surface area contributed by atoms with Crippen LogP contribution in [0.3, 0.4) is 0 Å². The summed E-state index contributed by atoms with van der Waals surface area (Å²) in [6.07, 6.45) is 4.16. The van der Waals surface area contributed by atoms with Gasteiger partial charge in [0.15, 0.2) is 0 Å². The van der Waals surface area contributed by atoms with Crippen molar-refractivity contribution < 1.29 is 0 Å². The maximum Gasteiger partial charge on any atom is 0.147 e. The minimum atomic E-state index is 0. The van der Waals surface area contributed by atoms with E-state index in [-0.39, 0.29) is 24.8 Å². The van der Waals surface area contributed by atoms with E-state index >= 15 is 0 Å². The van der Waals surface area contributed by atoms with Gasteiger partial charge in [0.2, 0.25) is 0 Å². The lowest BCUT2D eigenvalue weighted by Gasteiger charge is -2.17. The Balaban J connectivity index is 0.00000112. The van der Waals surface area contributed by atoms with Gasteiger partial charge in [0.05, 0.1) is 16.9 Å². The first-order valence-electron chi connectivity index (χ1n) is 4.58. The van der Waals surface area contributed by atoms with Gasteiger partial charge >= 0.3 is 0 Å². The minimum absolute atomic E-state index is 0. The zero-order valence-corrected chi connectivity index (χ0v) is 11.6. The Kier molecular flexibility index (Phi) is 7.44. The van der Waals surface area contributed by atoms with Crippen molar-refractivity contribution in [2.45, 2.75) is 12.8 Å². The molecule has 1 fully saturated rings. The summed E-state index contributed by atoms with van der Waals surface area (Å²) in [5.74, 6) is 0. The summed E-state index contributed by atoms with van der Waals surface area (Å²) in [5.41, 5.74) is 4.13. The zero-order valence-electron chi connectivity index (χ0n) is 8.45. The minimum Gasteiger partial charge on any atom is -0.317 e. The predicted octanol–water partition coefficient (Wildman–Crippen LogP) is 3.65. The molecule has 0 radical (unpaired) electrons. The van der Waals surface area contributed by atoms with Gasteiger partial charge in [-0.25, -0.2) is 9.99 Å². The number of anilines is 1. The van der Waals surface area contributed by atoms with Gasteiger partial charge < -0.3 is 5.43 Å². The van der Waals surface area contributed by atoms with E-state index in [1.165, 1.54) is 12.8 Å². The van der Waals surface area contributed by atoms with Crippen LogP contribution in [0.4, 0.5) is 5.69 Å². The average Bonchev–Trinajstić information content (AvgIpc) is 2.64. The average molecular weight is 305 g/mol. The quantitative estimate of drug-likeness (QED) is 0.845. The van der Waals surface area contributed by atoms with Gasteiger partial charge in [-0.2, -0.15) is 0 Å². The van der Waals surface area contributed by atoms with Crippen molar-refractivity contribution >= 4 is 53.7 Å². The van der Waals surface area contributed by atoms with Crippen molar-refractivity contribution in [1.29, 1.82) is 0 Å². The number of hydrogen-bond donors (Lipinski definition) is 1. The fourth-order valence-corrected chi connectivity index (χ4v) is 1.76. The Morgan fingerprint density at radius 3 is 2.38 bits per heavy atom. The highest BCUT2D eigenvalue weighted by Gasteiger charge is 2.11.